The standard InChI is InChI=1S/C16H25NO4/c18-15(10-12-4-2-1-3-5-12)17-11-14(16(19)20)13-6-8-21-9-7-13/h10,13-14H,1-9,11H2,(H,17,18)(H,19,20). The monoisotopic (exact) mass is 295 g/mol. The molecular formula is C16H25NO4. The molecule has 0 aromatic rings. The van der Waals surface area contributed by atoms with Gasteiger partial charge in [0.15, 0.2) is 0 Å². The molecule has 1 heterocycles. The van der Waals surface area contributed by atoms with E-state index in [0.29, 0.717) is 13.2 Å². The van der Waals surface area contributed by atoms with Gasteiger partial charge in [-0.3, -0.25) is 9.59 Å². The lowest BCUT2D eigenvalue weighted by Gasteiger charge is -2.27. The Hall–Kier alpha value is -1.36. The molecule has 1 amide bonds. The highest BCUT2D eigenvalue weighted by molar-refractivity contribution is 5.88. The van der Waals surface area contributed by atoms with Crippen molar-refractivity contribution in [3.8, 4) is 0 Å². The molecule has 1 saturated heterocycles. The third kappa shape index (κ3) is 5.16. The Morgan fingerprint density at radius 1 is 1.24 bits per heavy atom. The number of carbonyl (C=O) groups excluding carboxylic acids is 1. The third-order valence-electron chi connectivity index (χ3n) is 4.48. The molecule has 2 rings (SSSR count). The quantitative estimate of drug-likeness (QED) is 0.762. The van der Waals surface area contributed by atoms with Crippen LogP contribution < -0.4 is 5.32 Å². The highest BCUT2D eigenvalue weighted by atomic mass is 16.5. The zero-order valence-electron chi connectivity index (χ0n) is 12.5. The molecule has 21 heavy (non-hydrogen) atoms. The van der Waals surface area contributed by atoms with Gasteiger partial charge in [-0.1, -0.05) is 12.0 Å². The van der Waals surface area contributed by atoms with Gasteiger partial charge in [-0.25, -0.2) is 0 Å². The van der Waals surface area contributed by atoms with Gasteiger partial charge in [0.2, 0.25) is 5.91 Å². The number of carbonyl (C=O) groups is 2. The van der Waals surface area contributed by atoms with Crippen molar-refractivity contribution in [1.82, 2.24) is 5.32 Å². The Kier molecular flexibility index (Phi) is 6.23. The Balaban J connectivity index is 1.83. The molecule has 5 heteroatoms. The van der Waals surface area contributed by atoms with Crippen LogP contribution in [0.1, 0.15) is 44.9 Å². The van der Waals surface area contributed by atoms with E-state index in [4.69, 9.17) is 4.74 Å². The van der Waals surface area contributed by atoms with E-state index in [-0.39, 0.29) is 18.4 Å². The number of carboxylic acid groups (broad SMARTS) is 1. The first-order valence-electron chi connectivity index (χ1n) is 7.94. The molecule has 0 bridgehead atoms. The van der Waals surface area contributed by atoms with Crippen LogP contribution in [0.25, 0.3) is 0 Å². The van der Waals surface area contributed by atoms with Gasteiger partial charge in [-0.15, -0.1) is 0 Å². The van der Waals surface area contributed by atoms with Crippen molar-refractivity contribution in [2.24, 2.45) is 11.8 Å². The summed E-state index contributed by atoms with van der Waals surface area (Å²) in [4.78, 5) is 23.3. The fraction of sp³-hybridized carbons (Fsp3) is 0.750. The van der Waals surface area contributed by atoms with E-state index in [1.54, 1.807) is 6.08 Å². The van der Waals surface area contributed by atoms with E-state index >= 15 is 0 Å². The van der Waals surface area contributed by atoms with Crippen LogP contribution in [0.15, 0.2) is 11.6 Å². The van der Waals surface area contributed by atoms with Crippen LogP contribution in [0, 0.1) is 11.8 Å². The number of amides is 1. The average Bonchev–Trinajstić information content (AvgIpc) is 2.49. The van der Waals surface area contributed by atoms with Gasteiger partial charge >= 0.3 is 5.97 Å². The van der Waals surface area contributed by atoms with Crippen LogP contribution in [-0.2, 0) is 14.3 Å². The number of ether oxygens (including phenoxy) is 1. The molecule has 2 fully saturated rings. The minimum Gasteiger partial charge on any atom is -0.481 e. The van der Waals surface area contributed by atoms with Crippen molar-refractivity contribution in [2.75, 3.05) is 19.8 Å². The first-order valence-corrected chi connectivity index (χ1v) is 7.94. The Labute approximate surface area is 125 Å². The van der Waals surface area contributed by atoms with E-state index in [9.17, 15) is 14.7 Å². The van der Waals surface area contributed by atoms with Crippen molar-refractivity contribution < 1.29 is 19.4 Å². The fourth-order valence-electron chi connectivity index (χ4n) is 3.17. The second kappa shape index (κ2) is 8.17. The maximum absolute atomic E-state index is 11.9. The van der Waals surface area contributed by atoms with E-state index < -0.39 is 11.9 Å². The third-order valence-corrected chi connectivity index (χ3v) is 4.48. The SMILES string of the molecule is O=C(C=C1CCCCC1)NCC(C(=O)O)C1CCOCC1. The molecule has 1 unspecified atom stereocenters. The van der Waals surface area contributed by atoms with Crippen molar-refractivity contribution in [3.63, 3.8) is 0 Å². The highest BCUT2D eigenvalue weighted by Crippen LogP contribution is 2.24. The molecule has 5 nitrogen and oxygen atoms in total. The average molecular weight is 295 g/mol. The van der Waals surface area contributed by atoms with Crippen LogP contribution in [0.2, 0.25) is 0 Å². The number of aliphatic carboxylic acids is 1. The molecule has 1 saturated carbocycles. The van der Waals surface area contributed by atoms with E-state index in [1.165, 1.54) is 12.0 Å². The van der Waals surface area contributed by atoms with Crippen LogP contribution >= 0.6 is 0 Å². The van der Waals surface area contributed by atoms with Gasteiger partial charge < -0.3 is 15.2 Å². The summed E-state index contributed by atoms with van der Waals surface area (Å²) >= 11 is 0. The molecule has 0 aromatic heterocycles. The highest BCUT2D eigenvalue weighted by Gasteiger charge is 2.29. The molecule has 0 aromatic carbocycles. The zero-order valence-corrected chi connectivity index (χ0v) is 12.5. The van der Waals surface area contributed by atoms with E-state index in [0.717, 1.165) is 38.5 Å². The minimum absolute atomic E-state index is 0.0962. The van der Waals surface area contributed by atoms with Crippen molar-refractivity contribution in [2.45, 2.75) is 44.9 Å². The molecule has 1 aliphatic heterocycles. The second-order valence-electron chi connectivity index (χ2n) is 6.00. The predicted octanol–water partition coefficient (Wildman–Crippen LogP) is 2.12. The lowest BCUT2D eigenvalue weighted by Crippen LogP contribution is -2.38. The largest absolute Gasteiger partial charge is 0.481 e. The number of carboxylic acids is 1. The van der Waals surface area contributed by atoms with E-state index in [1.807, 2.05) is 0 Å². The molecule has 2 aliphatic rings. The number of rotatable bonds is 5. The summed E-state index contributed by atoms with van der Waals surface area (Å²) in [5.74, 6) is -1.39. The number of allylic oxidation sites excluding steroid dienone is 1. The van der Waals surface area contributed by atoms with Gasteiger partial charge in [0.1, 0.15) is 0 Å². The van der Waals surface area contributed by atoms with Crippen LogP contribution in [-0.4, -0.2) is 36.7 Å². The molecule has 0 radical (unpaired) electrons. The van der Waals surface area contributed by atoms with Crippen LogP contribution in [0.3, 0.4) is 0 Å². The molecule has 1 atom stereocenters. The molecular weight excluding hydrogens is 270 g/mol. The predicted molar refractivity (Wildman–Crippen MR) is 78.8 cm³/mol. The fourth-order valence-corrected chi connectivity index (χ4v) is 3.17. The normalized spacial score (nSPS) is 21.6. The summed E-state index contributed by atoms with van der Waals surface area (Å²) in [5.41, 5.74) is 1.19. The van der Waals surface area contributed by atoms with Crippen molar-refractivity contribution in [3.05, 3.63) is 11.6 Å². The summed E-state index contributed by atoms with van der Waals surface area (Å²) in [6.45, 7) is 1.45. The van der Waals surface area contributed by atoms with Gasteiger partial charge in [-0.2, -0.15) is 0 Å². The molecule has 118 valence electrons. The van der Waals surface area contributed by atoms with Crippen LogP contribution in [0.5, 0.6) is 0 Å². The maximum atomic E-state index is 11.9. The first-order chi connectivity index (χ1) is 10.2. The Bertz CT molecular complexity index is 391. The lowest BCUT2D eigenvalue weighted by atomic mass is 9.86. The molecule has 2 N–H and O–H groups in total. The summed E-state index contributed by atoms with van der Waals surface area (Å²) in [5, 5.41) is 12.1. The first kappa shape index (κ1) is 16.0. The minimum atomic E-state index is -0.826. The summed E-state index contributed by atoms with van der Waals surface area (Å²) in [7, 11) is 0. The van der Waals surface area contributed by atoms with Gasteiger partial charge in [0, 0.05) is 25.8 Å². The van der Waals surface area contributed by atoms with Gasteiger partial charge in [0.05, 0.1) is 5.92 Å². The lowest BCUT2D eigenvalue weighted by molar-refractivity contribution is -0.144. The zero-order chi connectivity index (χ0) is 15.1. The maximum Gasteiger partial charge on any atom is 0.308 e. The van der Waals surface area contributed by atoms with E-state index in [2.05, 4.69) is 5.32 Å². The summed E-state index contributed by atoms with van der Waals surface area (Å²) < 4.78 is 5.27. The van der Waals surface area contributed by atoms with Gasteiger partial charge in [0.25, 0.3) is 0 Å². The summed E-state index contributed by atoms with van der Waals surface area (Å²) in [6.07, 6.45) is 8.72. The van der Waals surface area contributed by atoms with Crippen molar-refractivity contribution >= 4 is 11.9 Å². The second-order valence-corrected chi connectivity index (χ2v) is 6.00. The smallest absolute Gasteiger partial charge is 0.308 e. The number of hydrogen-bond acceptors (Lipinski definition) is 3. The number of nitrogens with one attached hydrogen (secondary N) is 1. The van der Waals surface area contributed by atoms with Crippen molar-refractivity contribution in [1.29, 1.82) is 0 Å². The summed E-state index contributed by atoms with van der Waals surface area (Å²) in [6, 6.07) is 0. The molecule has 1 aliphatic carbocycles. The number of hydrogen-bond donors (Lipinski definition) is 2. The molecule has 0 spiro atoms. The Morgan fingerprint density at radius 2 is 1.90 bits per heavy atom. The Morgan fingerprint density at radius 3 is 2.52 bits per heavy atom. The van der Waals surface area contributed by atoms with Crippen LogP contribution in [0.4, 0.5) is 0 Å². The topological polar surface area (TPSA) is 75.6 Å². The van der Waals surface area contributed by atoms with Gasteiger partial charge in [-0.05, 0) is 44.4 Å².